The second kappa shape index (κ2) is 10.6. The molecule has 5 aliphatic rings. The molecule has 0 spiro atoms. The van der Waals surface area contributed by atoms with E-state index in [1.54, 1.807) is 0 Å². The van der Waals surface area contributed by atoms with Crippen LogP contribution in [-0.2, 0) is 0 Å². The lowest BCUT2D eigenvalue weighted by Crippen LogP contribution is -2.59. The molecule has 0 radical (unpaired) electrons. The van der Waals surface area contributed by atoms with Gasteiger partial charge < -0.3 is 24.8 Å². The number of ether oxygens (including phenoxy) is 2. The highest BCUT2D eigenvalue weighted by atomic mass is 19.1. The number of rotatable bonds is 4. The van der Waals surface area contributed by atoms with Crippen LogP contribution < -0.4 is 19.7 Å². The molecule has 4 fully saturated rings. The molecule has 0 aliphatic carbocycles. The summed E-state index contributed by atoms with van der Waals surface area (Å²) in [6.45, 7) is 2.35. The maximum atomic E-state index is 17.1. The van der Waals surface area contributed by atoms with Crippen molar-refractivity contribution in [1.29, 1.82) is 0 Å². The molecule has 0 amide bonds. The maximum absolute atomic E-state index is 17.1. The van der Waals surface area contributed by atoms with Crippen LogP contribution >= 0.6 is 0 Å². The molecule has 0 saturated carbocycles. The Kier molecular flexibility index (Phi) is 6.50. The largest absolute Gasteiger partial charge is 0.508 e. The van der Waals surface area contributed by atoms with E-state index in [1.807, 2.05) is 0 Å². The molecule has 4 saturated heterocycles. The molecule has 4 aromatic rings. The first-order chi connectivity index (χ1) is 22.8. The van der Waals surface area contributed by atoms with E-state index < -0.39 is 23.3 Å². The van der Waals surface area contributed by atoms with Crippen LogP contribution in [0.2, 0.25) is 0 Å². The smallest absolute Gasteiger partial charge is 0.319 e. The van der Waals surface area contributed by atoms with Gasteiger partial charge in [0.15, 0.2) is 5.82 Å². The molecule has 9 nitrogen and oxygen atoms in total. The second-order valence-electron chi connectivity index (χ2n) is 13.6. The average Bonchev–Trinajstić information content (AvgIpc) is 3.72. The van der Waals surface area contributed by atoms with Crippen LogP contribution in [0, 0.1) is 24.0 Å². The van der Waals surface area contributed by atoms with Crippen molar-refractivity contribution in [2.75, 3.05) is 37.7 Å². The van der Waals surface area contributed by atoms with Crippen molar-refractivity contribution in [3.8, 4) is 41.2 Å². The van der Waals surface area contributed by atoms with Gasteiger partial charge in [-0.3, -0.25) is 4.90 Å². The van der Waals surface area contributed by atoms with Gasteiger partial charge in [0.25, 0.3) is 0 Å². The molecule has 2 N–H and O–H groups in total. The van der Waals surface area contributed by atoms with Crippen LogP contribution in [0.15, 0.2) is 24.3 Å². The van der Waals surface area contributed by atoms with Crippen molar-refractivity contribution in [3.63, 3.8) is 0 Å². The minimum Gasteiger partial charge on any atom is -0.508 e. The van der Waals surface area contributed by atoms with E-state index in [2.05, 4.69) is 31.0 Å². The first-order valence-electron chi connectivity index (χ1n) is 16.3. The SMILES string of the molecule is C#Cc1c(F)ccc2cc(O)cc(-c3nc4c5c(nc(OC[C@@]67CCCN6C[C@H](F)C7)nc5c3F)N3C[C@H]5CC[C@H](N5)[C@H]3CCO4)c12. The number of alkyl halides is 1. The minimum absolute atomic E-state index is 0.0145. The van der Waals surface area contributed by atoms with Gasteiger partial charge in [-0.25, -0.2) is 18.2 Å². The van der Waals surface area contributed by atoms with E-state index in [0.717, 1.165) is 32.2 Å². The zero-order chi connectivity index (χ0) is 32.0. The molecule has 0 unspecified atom stereocenters. The monoisotopic (exact) mass is 642 g/mol. The number of hydrogen-bond acceptors (Lipinski definition) is 9. The van der Waals surface area contributed by atoms with E-state index in [1.165, 1.54) is 24.3 Å². The molecule has 7 heterocycles. The summed E-state index contributed by atoms with van der Waals surface area (Å²) in [6.07, 6.45) is 9.64. The molecule has 2 bridgehead atoms. The zero-order valence-corrected chi connectivity index (χ0v) is 25.6. The van der Waals surface area contributed by atoms with Gasteiger partial charge in [-0.05, 0) is 55.8 Å². The lowest BCUT2D eigenvalue weighted by molar-refractivity contribution is 0.107. The molecule has 47 heavy (non-hydrogen) atoms. The number of pyridine rings is 1. The molecule has 2 aromatic heterocycles. The Morgan fingerprint density at radius 2 is 2.02 bits per heavy atom. The molecule has 242 valence electrons. The fourth-order valence-electron chi connectivity index (χ4n) is 8.82. The number of aromatic nitrogens is 3. The number of terminal acetylenes is 1. The highest BCUT2D eigenvalue weighted by Crippen LogP contribution is 2.45. The number of fused-ring (bicyclic) bond motifs is 7. The Morgan fingerprint density at radius 3 is 2.89 bits per heavy atom. The quantitative estimate of drug-likeness (QED) is 0.303. The molecule has 5 atom stereocenters. The van der Waals surface area contributed by atoms with Gasteiger partial charge in [-0.2, -0.15) is 9.97 Å². The molecule has 5 aliphatic heterocycles. The van der Waals surface area contributed by atoms with E-state index in [-0.39, 0.29) is 70.1 Å². The average molecular weight is 643 g/mol. The predicted molar refractivity (Wildman–Crippen MR) is 170 cm³/mol. The van der Waals surface area contributed by atoms with Crippen molar-refractivity contribution >= 4 is 27.5 Å². The number of nitrogens with one attached hydrogen (secondary N) is 1. The Morgan fingerprint density at radius 1 is 1.13 bits per heavy atom. The van der Waals surface area contributed by atoms with Crippen molar-refractivity contribution < 1.29 is 27.8 Å². The molecule has 2 aromatic carbocycles. The number of phenolic OH excluding ortho intramolecular Hbond substituents is 1. The number of hydrogen-bond donors (Lipinski definition) is 2. The van der Waals surface area contributed by atoms with E-state index in [0.29, 0.717) is 49.1 Å². The van der Waals surface area contributed by atoms with Crippen molar-refractivity contribution in [2.45, 2.75) is 68.4 Å². The van der Waals surface area contributed by atoms with E-state index in [9.17, 15) is 13.9 Å². The van der Waals surface area contributed by atoms with Gasteiger partial charge >= 0.3 is 6.01 Å². The van der Waals surface area contributed by atoms with E-state index in [4.69, 9.17) is 20.9 Å². The molecule has 12 heteroatoms. The van der Waals surface area contributed by atoms with E-state index >= 15 is 4.39 Å². The van der Waals surface area contributed by atoms with Gasteiger partial charge in [0, 0.05) is 55.0 Å². The van der Waals surface area contributed by atoms with Crippen LogP contribution in [0.3, 0.4) is 0 Å². The minimum atomic E-state index is -0.928. The summed E-state index contributed by atoms with van der Waals surface area (Å²) in [4.78, 5) is 18.6. The van der Waals surface area contributed by atoms with Crippen LogP contribution in [-0.4, -0.2) is 87.6 Å². The molecule has 9 rings (SSSR count). The van der Waals surface area contributed by atoms with Crippen molar-refractivity contribution in [1.82, 2.24) is 25.2 Å². The van der Waals surface area contributed by atoms with Gasteiger partial charge in [-0.1, -0.05) is 12.0 Å². The number of phenols is 1. The van der Waals surface area contributed by atoms with Crippen LogP contribution in [0.5, 0.6) is 17.6 Å². The van der Waals surface area contributed by atoms with Crippen molar-refractivity contribution in [2.24, 2.45) is 0 Å². The van der Waals surface area contributed by atoms with Gasteiger partial charge in [-0.15, -0.1) is 6.42 Å². The Labute approximate surface area is 269 Å². The first kappa shape index (κ1) is 28.8. The highest BCUT2D eigenvalue weighted by Gasteiger charge is 2.50. The predicted octanol–water partition coefficient (Wildman–Crippen LogP) is 4.86. The number of benzene rings is 2. The number of halogens is 3. The standard InChI is InChI=1S/C35H33F3N6O3/c1-2-22-24(37)6-4-18-12-21(45)13-23(27(18)22)30-29(38)31-28-32(42-34(41-31)47-17-35-9-3-10-43(35)15-19(36)14-35)44-16-20-5-7-25(39-20)26(44)8-11-46-33(28)40-30/h1,4,6,12-13,19-20,25-26,39,45H,3,5,7-11,14-17H2/t19-,20-,25+,26-,35+/m1/s1. The number of piperazine rings is 1. The summed E-state index contributed by atoms with van der Waals surface area (Å²) in [5, 5.41) is 15.3. The van der Waals surface area contributed by atoms with Crippen LogP contribution in [0.1, 0.15) is 44.1 Å². The number of nitrogens with zero attached hydrogens (tertiary/aromatic N) is 5. The lowest BCUT2D eigenvalue weighted by Gasteiger charge is -2.43. The third-order valence-electron chi connectivity index (χ3n) is 10.9. The van der Waals surface area contributed by atoms with Crippen LogP contribution in [0.4, 0.5) is 19.0 Å². The maximum Gasteiger partial charge on any atom is 0.319 e. The molecular weight excluding hydrogens is 609 g/mol. The topological polar surface area (TPSA) is 95.9 Å². The van der Waals surface area contributed by atoms with Gasteiger partial charge in [0.05, 0.1) is 17.7 Å². The Hall–Kier alpha value is -4.34. The zero-order valence-electron chi connectivity index (χ0n) is 25.6. The third kappa shape index (κ3) is 4.43. The summed E-state index contributed by atoms with van der Waals surface area (Å²) in [5.41, 5.74) is -0.679. The third-order valence-corrected chi connectivity index (χ3v) is 10.9. The summed E-state index contributed by atoms with van der Waals surface area (Å²) in [7, 11) is 0. The van der Waals surface area contributed by atoms with Gasteiger partial charge in [0.2, 0.25) is 5.88 Å². The normalized spacial score (nSPS) is 28.1. The second-order valence-corrected chi connectivity index (χ2v) is 13.6. The summed E-state index contributed by atoms with van der Waals surface area (Å²) < 4.78 is 59.2. The Bertz CT molecular complexity index is 2000. The number of aromatic hydroxyl groups is 1. The lowest BCUT2D eigenvalue weighted by atomic mass is 9.95. The highest BCUT2D eigenvalue weighted by molar-refractivity contribution is 6.04. The first-order valence-corrected chi connectivity index (χ1v) is 16.3. The van der Waals surface area contributed by atoms with Crippen molar-refractivity contribution in [3.05, 3.63) is 41.5 Å². The fourth-order valence-corrected chi connectivity index (χ4v) is 8.82. The summed E-state index contributed by atoms with van der Waals surface area (Å²) in [6, 6.07) is 5.98. The Balaban J connectivity index is 1.26. The van der Waals surface area contributed by atoms with Crippen LogP contribution in [0.25, 0.3) is 32.9 Å². The summed E-state index contributed by atoms with van der Waals surface area (Å²) in [5.74, 6) is 1.37. The summed E-state index contributed by atoms with van der Waals surface area (Å²) >= 11 is 0. The molecular formula is C35H33F3N6O3. The fraction of sp³-hybridized carbons (Fsp3) is 0.457. The number of anilines is 1. The van der Waals surface area contributed by atoms with Gasteiger partial charge in [0.1, 0.15) is 46.8 Å².